The molecule has 1 heterocycles. The predicted molar refractivity (Wildman–Crippen MR) is 68.4 cm³/mol. The number of benzene rings is 1. The maximum absolute atomic E-state index is 6.07. The molecular formula is C14H22N2. The molecule has 2 rings (SSSR count). The number of rotatable bonds is 2. The zero-order chi connectivity index (χ0) is 11.6. The molecule has 1 saturated heterocycles. The average Bonchev–Trinajstić information content (AvgIpc) is 2.30. The van der Waals surface area contributed by atoms with Crippen LogP contribution in [0.2, 0.25) is 0 Å². The van der Waals surface area contributed by atoms with Gasteiger partial charge >= 0.3 is 0 Å². The van der Waals surface area contributed by atoms with E-state index in [1.165, 1.54) is 30.4 Å². The van der Waals surface area contributed by atoms with E-state index in [9.17, 15) is 0 Å². The number of hydrogen-bond donors (Lipinski definition) is 1. The van der Waals surface area contributed by atoms with Gasteiger partial charge in [-0.25, -0.2) is 0 Å². The molecule has 2 heteroatoms. The van der Waals surface area contributed by atoms with Gasteiger partial charge in [0.25, 0.3) is 0 Å². The summed E-state index contributed by atoms with van der Waals surface area (Å²) in [6.45, 7) is 4.02. The first-order valence-corrected chi connectivity index (χ1v) is 6.17. The van der Waals surface area contributed by atoms with Crippen LogP contribution in [-0.4, -0.2) is 25.0 Å². The second kappa shape index (κ2) is 4.56. The summed E-state index contributed by atoms with van der Waals surface area (Å²) in [6, 6.07) is 8.80. The van der Waals surface area contributed by atoms with E-state index in [4.69, 9.17) is 5.73 Å². The van der Waals surface area contributed by atoms with Crippen LogP contribution in [-0.2, 0) is 5.54 Å². The summed E-state index contributed by atoms with van der Waals surface area (Å²) in [6.07, 6.45) is 3.77. The zero-order valence-corrected chi connectivity index (χ0v) is 10.4. The largest absolute Gasteiger partial charge is 0.328 e. The van der Waals surface area contributed by atoms with Crippen molar-refractivity contribution in [3.05, 3.63) is 35.4 Å². The molecule has 0 bridgehead atoms. The minimum atomic E-state index is 0.0737. The van der Waals surface area contributed by atoms with Gasteiger partial charge in [0.05, 0.1) is 5.54 Å². The van der Waals surface area contributed by atoms with Crippen molar-refractivity contribution in [3.8, 4) is 0 Å². The summed E-state index contributed by atoms with van der Waals surface area (Å²) < 4.78 is 0. The summed E-state index contributed by atoms with van der Waals surface area (Å²) >= 11 is 0. The highest BCUT2D eigenvalue weighted by atomic mass is 15.2. The van der Waals surface area contributed by atoms with E-state index in [1.807, 2.05) is 0 Å². The Morgan fingerprint density at radius 1 is 1.38 bits per heavy atom. The van der Waals surface area contributed by atoms with Crippen molar-refractivity contribution in [2.75, 3.05) is 20.1 Å². The van der Waals surface area contributed by atoms with Crippen LogP contribution < -0.4 is 5.73 Å². The van der Waals surface area contributed by atoms with Crippen molar-refractivity contribution in [1.29, 1.82) is 0 Å². The molecule has 0 amide bonds. The molecular weight excluding hydrogens is 196 g/mol. The van der Waals surface area contributed by atoms with Gasteiger partial charge < -0.3 is 5.73 Å². The Morgan fingerprint density at radius 3 is 2.81 bits per heavy atom. The minimum Gasteiger partial charge on any atom is -0.328 e. The fourth-order valence-electron chi connectivity index (χ4n) is 2.85. The molecule has 1 aliphatic rings. The van der Waals surface area contributed by atoms with Crippen molar-refractivity contribution in [2.45, 2.75) is 31.7 Å². The van der Waals surface area contributed by atoms with Crippen LogP contribution in [0.4, 0.5) is 0 Å². The summed E-state index contributed by atoms with van der Waals surface area (Å²) in [5.41, 5.74) is 8.85. The van der Waals surface area contributed by atoms with Crippen LogP contribution in [0.3, 0.4) is 0 Å². The van der Waals surface area contributed by atoms with Crippen LogP contribution in [0.25, 0.3) is 0 Å². The number of piperidine rings is 1. The van der Waals surface area contributed by atoms with Crippen molar-refractivity contribution < 1.29 is 0 Å². The molecule has 1 aliphatic heterocycles. The lowest BCUT2D eigenvalue weighted by Crippen LogP contribution is -2.52. The highest BCUT2D eigenvalue weighted by Gasteiger charge is 2.36. The molecule has 2 nitrogen and oxygen atoms in total. The third-order valence-electron chi connectivity index (χ3n) is 3.96. The summed E-state index contributed by atoms with van der Waals surface area (Å²) in [5.74, 6) is 0. The Labute approximate surface area is 98.4 Å². The van der Waals surface area contributed by atoms with Crippen LogP contribution in [0.1, 0.15) is 30.4 Å². The van der Waals surface area contributed by atoms with E-state index in [1.54, 1.807) is 0 Å². The second-order valence-corrected chi connectivity index (χ2v) is 4.98. The first-order chi connectivity index (χ1) is 7.69. The molecule has 0 radical (unpaired) electrons. The quantitative estimate of drug-likeness (QED) is 0.825. The normalized spacial score (nSPS) is 26.9. The summed E-state index contributed by atoms with van der Waals surface area (Å²) in [7, 11) is 2.20. The van der Waals surface area contributed by atoms with Gasteiger partial charge in [-0.3, -0.25) is 4.90 Å². The highest BCUT2D eigenvalue weighted by Crippen LogP contribution is 2.35. The van der Waals surface area contributed by atoms with Gasteiger partial charge in [0.2, 0.25) is 0 Å². The van der Waals surface area contributed by atoms with Crippen molar-refractivity contribution in [2.24, 2.45) is 5.73 Å². The fourth-order valence-corrected chi connectivity index (χ4v) is 2.85. The van der Waals surface area contributed by atoms with E-state index in [-0.39, 0.29) is 5.54 Å². The van der Waals surface area contributed by atoms with Gasteiger partial charge in [0, 0.05) is 6.54 Å². The van der Waals surface area contributed by atoms with E-state index >= 15 is 0 Å². The van der Waals surface area contributed by atoms with Crippen molar-refractivity contribution >= 4 is 0 Å². The lowest BCUT2D eigenvalue weighted by Gasteiger charge is -2.45. The molecule has 88 valence electrons. The number of nitrogens with zero attached hydrogens (tertiary/aromatic N) is 1. The maximum atomic E-state index is 6.07. The summed E-state index contributed by atoms with van der Waals surface area (Å²) in [5, 5.41) is 0. The number of hydrogen-bond acceptors (Lipinski definition) is 2. The molecule has 1 unspecified atom stereocenters. The molecule has 2 N–H and O–H groups in total. The number of aryl methyl sites for hydroxylation is 1. The maximum Gasteiger partial charge on any atom is 0.0581 e. The zero-order valence-electron chi connectivity index (χ0n) is 10.4. The number of likely N-dealkylation sites (tertiary alicyclic amines) is 1. The third-order valence-corrected chi connectivity index (χ3v) is 3.96. The van der Waals surface area contributed by atoms with Crippen molar-refractivity contribution in [1.82, 2.24) is 4.90 Å². The Balaban J connectivity index is 2.40. The molecule has 1 atom stereocenters. The molecule has 0 spiro atoms. The Hall–Kier alpha value is -0.860. The molecule has 0 aliphatic carbocycles. The SMILES string of the molecule is Cc1cccc(C2(CN)CCCCN2C)c1. The van der Waals surface area contributed by atoms with E-state index in [2.05, 4.69) is 43.1 Å². The van der Waals surface area contributed by atoms with E-state index in [0.717, 1.165) is 6.54 Å². The van der Waals surface area contributed by atoms with Crippen LogP contribution >= 0.6 is 0 Å². The topological polar surface area (TPSA) is 29.3 Å². The van der Waals surface area contributed by atoms with Gasteiger partial charge in [-0.05, 0) is 45.3 Å². The minimum absolute atomic E-state index is 0.0737. The second-order valence-electron chi connectivity index (χ2n) is 4.98. The average molecular weight is 218 g/mol. The van der Waals surface area contributed by atoms with Crippen molar-refractivity contribution in [3.63, 3.8) is 0 Å². The first kappa shape index (κ1) is 11.6. The number of likely N-dealkylation sites (N-methyl/N-ethyl adjacent to an activating group) is 1. The summed E-state index contributed by atoms with van der Waals surface area (Å²) in [4.78, 5) is 2.44. The van der Waals surface area contributed by atoms with Crippen LogP contribution in [0.5, 0.6) is 0 Å². The smallest absolute Gasteiger partial charge is 0.0581 e. The highest BCUT2D eigenvalue weighted by molar-refractivity contribution is 5.30. The van der Waals surface area contributed by atoms with Gasteiger partial charge in [0.15, 0.2) is 0 Å². The molecule has 1 fully saturated rings. The third kappa shape index (κ3) is 1.87. The standard InChI is InChI=1S/C14H22N2/c1-12-6-5-7-13(10-12)14(11-15)8-3-4-9-16(14)2/h5-7,10H,3-4,8-9,11,15H2,1-2H3. The Morgan fingerprint density at radius 2 is 2.19 bits per heavy atom. The molecule has 1 aromatic rings. The van der Waals surface area contributed by atoms with Gasteiger partial charge in [-0.2, -0.15) is 0 Å². The fraction of sp³-hybridized carbons (Fsp3) is 0.571. The lowest BCUT2D eigenvalue weighted by molar-refractivity contribution is 0.0784. The van der Waals surface area contributed by atoms with Crippen LogP contribution in [0, 0.1) is 6.92 Å². The molecule has 1 aromatic carbocycles. The molecule has 0 saturated carbocycles. The monoisotopic (exact) mass is 218 g/mol. The van der Waals surface area contributed by atoms with Gasteiger partial charge in [-0.1, -0.05) is 29.8 Å². The van der Waals surface area contributed by atoms with Gasteiger partial charge in [-0.15, -0.1) is 0 Å². The number of nitrogens with two attached hydrogens (primary N) is 1. The van der Waals surface area contributed by atoms with E-state index in [0.29, 0.717) is 6.54 Å². The lowest BCUT2D eigenvalue weighted by atomic mass is 9.80. The Kier molecular flexibility index (Phi) is 3.31. The van der Waals surface area contributed by atoms with Crippen LogP contribution in [0.15, 0.2) is 24.3 Å². The molecule has 0 aromatic heterocycles. The Bertz CT molecular complexity index is 362. The predicted octanol–water partition coefficient (Wildman–Crippen LogP) is 2.26. The van der Waals surface area contributed by atoms with Gasteiger partial charge in [0.1, 0.15) is 0 Å². The molecule has 16 heavy (non-hydrogen) atoms. The first-order valence-electron chi connectivity index (χ1n) is 6.17. The van der Waals surface area contributed by atoms with E-state index < -0.39 is 0 Å².